The number of benzene rings is 3. The summed E-state index contributed by atoms with van der Waals surface area (Å²) in [6, 6.07) is 18.1. The zero-order chi connectivity index (χ0) is 25.9. The van der Waals surface area contributed by atoms with Gasteiger partial charge in [-0.25, -0.2) is 0 Å². The van der Waals surface area contributed by atoms with E-state index in [-0.39, 0.29) is 10.6 Å². The molecule has 0 bridgehead atoms. The molecule has 0 spiro atoms. The predicted molar refractivity (Wildman–Crippen MR) is 147 cm³/mol. The van der Waals surface area contributed by atoms with Crippen molar-refractivity contribution < 1.29 is 18.1 Å². The average molecular weight is 507 g/mol. The molecule has 0 aliphatic carbocycles. The van der Waals surface area contributed by atoms with Gasteiger partial charge in [0.05, 0.1) is 0 Å². The molecule has 0 atom stereocenters. The monoisotopic (exact) mass is 506 g/mol. The van der Waals surface area contributed by atoms with Crippen LogP contribution < -0.4 is 0 Å². The Labute approximate surface area is 229 Å². The maximum Gasteiger partial charge on any atom is 0.295 e. The van der Waals surface area contributed by atoms with Gasteiger partial charge >= 0.3 is 145 Å². The zero-order valence-corrected chi connectivity index (χ0v) is 24.6. The van der Waals surface area contributed by atoms with Crippen LogP contribution in [-0.2, 0) is 19.2 Å². The van der Waals surface area contributed by atoms with Gasteiger partial charge in [-0.3, -0.25) is 4.55 Å². The molecule has 0 heterocycles. The van der Waals surface area contributed by atoms with Crippen LogP contribution in [0.1, 0.15) is 83.3 Å². The Morgan fingerprint density at radius 2 is 1.31 bits per heavy atom. The van der Waals surface area contributed by atoms with E-state index in [4.69, 9.17) is 4.55 Å². The maximum absolute atomic E-state index is 11.0. The van der Waals surface area contributed by atoms with Crippen LogP contribution in [0.3, 0.4) is 0 Å². The van der Waals surface area contributed by atoms with Gasteiger partial charge in [0.25, 0.3) is 10.1 Å². The maximum atomic E-state index is 11.0. The molecule has 0 fully saturated rings. The van der Waals surface area contributed by atoms with Crippen molar-refractivity contribution in [2.24, 2.45) is 0 Å². The largest absolute Gasteiger partial charge is 0.507 e. The van der Waals surface area contributed by atoms with Gasteiger partial charge in [0.2, 0.25) is 0 Å². The SMILES string of the molecule is CCCCc1ccccc1[C]([Na])(CCCC)CCCC.O=S(=O)(O)c1ccc(O)c2ccccc12. The van der Waals surface area contributed by atoms with Gasteiger partial charge in [0.15, 0.2) is 0 Å². The fourth-order valence-electron chi connectivity index (χ4n) is 4.70. The molecule has 0 aliphatic rings. The molecule has 35 heavy (non-hydrogen) atoms. The summed E-state index contributed by atoms with van der Waals surface area (Å²) in [5.41, 5.74) is 3.33. The number of hydrogen-bond donors (Lipinski definition) is 2. The minimum absolute atomic E-state index is 0.0157. The second-order valence-electron chi connectivity index (χ2n) is 9.63. The molecule has 0 saturated heterocycles. The van der Waals surface area contributed by atoms with Gasteiger partial charge in [0.1, 0.15) is 10.6 Å². The van der Waals surface area contributed by atoms with Gasteiger partial charge in [-0.15, -0.1) is 0 Å². The molecule has 0 saturated carbocycles. The second kappa shape index (κ2) is 14.4. The topological polar surface area (TPSA) is 74.6 Å². The van der Waals surface area contributed by atoms with Crippen molar-refractivity contribution in [2.75, 3.05) is 0 Å². The number of aromatic hydroxyl groups is 1. The van der Waals surface area contributed by atoms with Crippen LogP contribution in [0.25, 0.3) is 10.8 Å². The van der Waals surface area contributed by atoms with E-state index in [0.717, 1.165) is 0 Å². The molecule has 3 rings (SSSR count). The fourth-order valence-corrected chi connectivity index (χ4v) is 6.59. The first-order chi connectivity index (χ1) is 16.7. The average Bonchev–Trinajstić information content (AvgIpc) is 2.85. The summed E-state index contributed by atoms with van der Waals surface area (Å²) in [4.78, 5) is -0.198. The molecule has 186 valence electrons. The summed E-state index contributed by atoms with van der Waals surface area (Å²) in [5.74, 6) is -0.0157. The Hall–Kier alpha value is -1.37. The quantitative estimate of drug-likeness (QED) is 0.208. The molecule has 3 aromatic rings. The Balaban J connectivity index is 0.000000256. The molecule has 0 radical (unpaired) electrons. The van der Waals surface area contributed by atoms with E-state index in [1.54, 1.807) is 29.3 Å². The third-order valence-corrected chi connectivity index (χ3v) is 9.22. The van der Waals surface area contributed by atoms with E-state index >= 15 is 0 Å². The van der Waals surface area contributed by atoms with E-state index in [1.807, 2.05) is 0 Å². The first-order valence-electron chi connectivity index (χ1n) is 12.9. The third-order valence-electron chi connectivity index (χ3n) is 6.77. The molecule has 6 heteroatoms. The summed E-state index contributed by atoms with van der Waals surface area (Å²) >= 11 is 1.29. The van der Waals surface area contributed by atoms with Crippen molar-refractivity contribution in [3.05, 3.63) is 71.8 Å². The van der Waals surface area contributed by atoms with Crippen LogP contribution in [0.4, 0.5) is 0 Å². The van der Waals surface area contributed by atoms with Crippen LogP contribution in [-0.4, -0.2) is 46.0 Å². The van der Waals surface area contributed by atoms with Gasteiger partial charge in [0, 0.05) is 10.8 Å². The normalized spacial score (nSPS) is 11.8. The van der Waals surface area contributed by atoms with E-state index in [9.17, 15) is 13.5 Å². The van der Waals surface area contributed by atoms with Crippen LogP contribution in [0.2, 0.25) is 0 Å². The van der Waals surface area contributed by atoms with Crippen molar-refractivity contribution in [1.82, 2.24) is 0 Å². The van der Waals surface area contributed by atoms with Crippen LogP contribution >= 0.6 is 0 Å². The number of aryl methyl sites for hydroxylation is 1. The van der Waals surface area contributed by atoms with Gasteiger partial charge in [-0.1, -0.05) is 24.3 Å². The van der Waals surface area contributed by atoms with E-state index < -0.39 is 10.1 Å². The van der Waals surface area contributed by atoms with E-state index in [1.165, 1.54) is 104 Å². The Morgan fingerprint density at radius 1 is 0.771 bits per heavy atom. The number of rotatable bonds is 11. The van der Waals surface area contributed by atoms with Crippen molar-refractivity contribution in [1.29, 1.82) is 0 Å². The van der Waals surface area contributed by atoms with Crippen LogP contribution in [0, 0.1) is 0 Å². The molecule has 3 aromatic carbocycles. The van der Waals surface area contributed by atoms with Crippen LogP contribution in [0.15, 0.2) is 65.6 Å². The summed E-state index contributed by atoms with van der Waals surface area (Å²) in [5, 5.41) is 10.2. The zero-order valence-electron chi connectivity index (χ0n) is 21.8. The number of fused-ring (bicyclic) bond motifs is 1. The molecule has 0 aliphatic heterocycles. The third kappa shape index (κ3) is 8.61. The molecular formula is C29H39NaO4S. The Kier molecular flexibility index (Phi) is 12.3. The smallest absolute Gasteiger partial charge is 0.295 e. The van der Waals surface area contributed by atoms with Crippen molar-refractivity contribution in [3.63, 3.8) is 0 Å². The Bertz CT molecular complexity index is 1170. The number of unbranched alkanes of at least 4 members (excludes halogenated alkanes) is 3. The fraction of sp³-hybridized carbons (Fsp3) is 0.448. The van der Waals surface area contributed by atoms with Gasteiger partial charge < -0.3 is 5.11 Å². The number of phenolic OH excluding ortho intramolecular Hbond substituents is 1. The molecule has 4 nitrogen and oxygen atoms in total. The number of hydrogen-bond acceptors (Lipinski definition) is 3. The van der Waals surface area contributed by atoms with Crippen molar-refractivity contribution in [3.8, 4) is 5.75 Å². The standard InChI is InChI=1S/C19H31.C10H8O4S.Na/c1-4-7-12-17(13-8-5-2)19-16-11-10-15-18(19)14-9-6-3;11-9-5-6-10(15(12,13)14)8-4-2-1-3-7(8)9;/h10-11,15-16H,4-9,12-14H2,1-3H3;1-6,11H,(H,12,13,14);. The van der Waals surface area contributed by atoms with Crippen LogP contribution in [0.5, 0.6) is 5.75 Å². The molecule has 0 unspecified atom stereocenters. The predicted octanol–water partition coefficient (Wildman–Crippen LogP) is 7.57. The van der Waals surface area contributed by atoms with Gasteiger partial charge in [-0.2, -0.15) is 8.42 Å². The second-order valence-corrected chi connectivity index (χ2v) is 12.9. The molecular weight excluding hydrogens is 467 g/mol. The summed E-state index contributed by atoms with van der Waals surface area (Å²) < 4.78 is 31.6. The Morgan fingerprint density at radius 3 is 1.89 bits per heavy atom. The first-order valence-corrected chi connectivity index (χ1v) is 15.4. The molecule has 2 N–H and O–H groups in total. The van der Waals surface area contributed by atoms with E-state index in [0.29, 0.717) is 13.4 Å². The summed E-state index contributed by atoms with van der Waals surface area (Å²) in [6.07, 6.45) is 12.1. The minimum atomic E-state index is -4.26. The molecule has 0 aromatic heterocycles. The molecule has 0 amide bonds. The number of phenols is 1. The van der Waals surface area contributed by atoms with E-state index in [2.05, 4.69) is 45.0 Å². The van der Waals surface area contributed by atoms with Gasteiger partial charge in [-0.05, 0) is 12.1 Å². The van der Waals surface area contributed by atoms with Crippen molar-refractivity contribution in [2.45, 2.75) is 86.1 Å². The minimum Gasteiger partial charge on any atom is -0.507 e. The summed E-state index contributed by atoms with van der Waals surface area (Å²) in [6.45, 7) is 6.94. The summed E-state index contributed by atoms with van der Waals surface area (Å²) in [7, 11) is -4.26. The van der Waals surface area contributed by atoms with Crippen molar-refractivity contribution >= 4 is 48.8 Å². The first kappa shape index (κ1) is 29.9.